The molecule has 0 saturated carbocycles. The number of hydrogen-bond donors (Lipinski definition) is 1. The molecule has 2 aromatic carbocycles. The van der Waals surface area contributed by atoms with Gasteiger partial charge in [0.15, 0.2) is 0 Å². The normalized spacial score (nSPS) is 11.0. The first-order valence-electron chi connectivity index (χ1n) is 7.01. The fourth-order valence-electron chi connectivity index (χ4n) is 2.28. The van der Waals surface area contributed by atoms with Gasteiger partial charge in [-0.2, -0.15) is 5.26 Å². The van der Waals surface area contributed by atoms with Crippen molar-refractivity contribution >= 4 is 5.69 Å². The number of aryl methyl sites for hydroxylation is 1. The average Bonchev–Trinajstić information content (AvgIpc) is 2.45. The van der Waals surface area contributed by atoms with Crippen LogP contribution in [-0.4, -0.2) is 5.54 Å². The largest absolute Gasteiger partial charge is 0.380 e. The van der Waals surface area contributed by atoms with Crippen LogP contribution in [-0.2, 0) is 6.42 Å². The van der Waals surface area contributed by atoms with Crippen molar-refractivity contribution in [3.05, 3.63) is 65.5 Å². The lowest BCUT2D eigenvalue weighted by molar-refractivity contribution is 0.518. The number of benzene rings is 2. The van der Waals surface area contributed by atoms with Gasteiger partial charge in [-0.1, -0.05) is 30.3 Å². The number of hydrogen-bond acceptors (Lipinski definition) is 2. The van der Waals surface area contributed by atoms with Gasteiger partial charge < -0.3 is 5.32 Å². The summed E-state index contributed by atoms with van der Waals surface area (Å²) in [6, 6.07) is 16.6. The Hall–Kier alpha value is -2.34. The molecular weight excluding hydrogens is 263 g/mol. The first-order chi connectivity index (χ1) is 9.98. The Balaban J connectivity index is 2.03. The third-order valence-corrected chi connectivity index (χ3v) is 3.39. The molecule has 0 fully saturated rings. The van der Waals surface area contributed by atoms with E-state index in [0.717, 1.165) is 12.8 Å². The Morgan fingerprint density at radius 3 is 2.52 bits per heavy atom. The molecule has 0 aliphatic carbocycles. The molecule has 108 valence electrons. The summed E-state index contributed by atoms with van der Waals surface area (Å²) in [6.07, 6.45) is 1.86. The number of halogens is 1. The Bertz CT molecular complexity index is 642. The maximum Gasteiger partial charge on any atom is 0.126 e. The number of anilines is 1. The van der Waals surface area contributed by atoms with Gasteiger partial charge in [-0.15, -0.1) is 0 Å². The van der Waals surface area contributed by atoms with E-state index in [1.54, 1.807) is 6.07 Å². The van der Waals surface area contributed by atoms with Crippen molar-refractivity contribution in [2.75, 3.05) is 5.32 Å². The van der Waals surface area contributed by atoms with E-state index in [9.17, 15) is 4.39 Å². The zero-order chi connectivity index (χ0) is 15.3. The standard InChI is InChI=1S/C18H19FN2/c1-18(2,9-8-14-6-4-3-5-7-14)21-17-11-15(13-20)10-16(19)12-17/h3-7,10-12,21H,8-9H2,1-2H3. The molecule has 0 atom stereocenters. The summed E-state index contributed by atoms with van der Waals surface area (Å²) in [5.41, 5.74) is 2.07. The summed E-state index contributed by atoms with van der Waals surface area (Å²) in [6.45, 7) is 4.15. The van der Waals surface area contributed by atoms with Gasteiger partial charge in [-0.25, -0.2) is 4.39 Å². The van der Waals surface area contributed by atoms with Crippen LogP contribution >= 0.6 is 0 Å². The summed E-state index contributed by atoms with van der Waals surface area (Å²) in [5, 5.41) is 12.2. The SMILES string of the molecule is CC(C)(CCc1ccccc1)Nc1cc(F)cc(C#N)c1. The molecular formula is C18H19FN2. The molecule has 0 bridgehead atoms. The summed E-state index contributed by atoms with van der Waals surface area (Å²) in [7, 11) is 0. The predicted molar refractivity (Wildman–Crippen MR) is 83.6 cm³/mol. The van der Waals surface area contributed by atoms with Crippen LogP contribution in [0, 0.1) is 17.1 Å². The smallest absolute Gasteiger partial charge is 0.126 e. The molecule has 0 saturated heterocycles. The Labute approximate surface area is 125 Å². The topological polar surface area (TPSA) is 35.8 Å². The fraction of sp³-hybridized carbons (Fsp3) is 0.278. The fourth-order valence-corrected chi connectivity index (χ4v) is 2.28. The van der Waals surface area contributed by atoms with Crippen LogP contribution in [0.2, 0.25) is 0 Å². The second-order valence-corrected chi connectivity index (χ2v) is 5.83. The van der Waals surface area contributed by atoms with Crippen molar-refractivity contribution in [2.45, 2.75) is 32.2 Å². The molecule has 3 heteroatoms. The Morgan fingerprint density at radius 2 is 1.86 bits per heavy atom. The number of nitriles is 1. The van der Waals surface area contributed by atoms with Crippen LogP contribution in [0.1, 0.15) is 31.4 Å². The minimum absolute atomic E-state index is 0.184. The van der Waals surface area contributed by atoms with Crippen LogP contribution in [0.5, 0.6) is 0 Å². The highest BCUT2D eigenvalue weighted by Crippen LogP contribution is 2.22. The zero-order valence-corrected chi connectivity index (χ0v) is 12.4. The van der Waals surface area contributed by atoms with Crippen LogP contribution < -0.4 is 5.32 Å². The Morgan fingerprint density at radius 1 is 1.14 bits per heavy atom. The van der Waals surface area contributed by atoms with Crippen molar-refractivity contribution in [3.8, 4) is 6.07 Å². The molecule has 2 nitrogen and oxygen atoms in total. The average molecular weight is 282 g/mol. The quantitative estimate of drug-likeness (QED) is 0.875. The van der Waals surface area contributed by atoms with Crippen molar-refractivity contribution < 1.29 is 4.39 Å². The molecule has 1 N–H and O–H groups in total. The first-order valence-corrected chi connectivity index (χ1v) is 7.01. The molecule has 21 heavy (non-hydrogen) atoms. The van der Waals surface area contributed by atoms with Crippen LogP contribution in [0.3, 0.4) is 0 Å². The van der Waals surface area contributed by atoms with Crippen LogP contribution in [0.4, 0.5) is 10.1 Å². The van der Waals surface area contributed by atoms with Gasteiger partial charge in [0.25, 0.3) is 0 Å². The van der Waals surface area contributed by atoms with Crippen molar-refractivity contribution in [1.29, 1.82) is 5.26 Å². The summed E-state index contributed by atoms with van der Waals surface area (Å²) < 4.78 is 13.4. The van der Waals surface area contributed by atoms with Gasteiger partial charge in [0, 0.05) is 11.2 Å². The van der Waals surface area contributed by atoms with Gasteiger partial charge in [-0.05, 0) is 50.5 Å². The monoisotopic (exact) mass is 282 g/mol. The highest BCUT2D eigenvalue weighted by molar-refractivity contribution is 5.51. The summed E-state index contributed by atoms with van der Waals surface area (Å²) >= 11 is 0. The minimum Gasteiger partial charge on any atom is -0.380 e. The molecule has 0 aliphatic heterocycles. The van der Waals surface area contributed by atoms with Crippen LogP contribution in [0.25, 0.3) is 0 Å². The lowest BCUT2D eigenvalue weighted by atomic mass is 9.95. The second kappa shape index (κ2) is 6.41. The maximum absolute atomic E-state index is 13.4. The van der Waals surface area contributed by atoms with Crippen molar-refractivity contribution in [2.24, 2.45) is 0 Å². The van der Waals surface area contributed by atoms with E-state index in [0.29, 0.717) is 11.3 Å². The molecule has 0 spiro atoms. The van der Waals surface area contributed by atoms with Gasteiger partial charge in [0.2, 0.25) is 0 Å². The lowest BCUT2D eigenvalue weighted by Crippen LogP contribution is -2.31. The number of rotatable bonds is 5. The van der Waals surface area contributed by atoms with Gasteiger partial charge in [0.05, 0.1) is 11.6 Å². The summed E-state index contributed by atoms with van der Waals surface area (Å²) in [5.74, 6) is -0.393. The van der Waals surface area contributed by atoms with E-state index in [1.165, 1.54) is 17.7 Å². The van der Waals surface area contributed by atoms with Gasteiger partial charge in [-0.3, -0.25) is 0 Å². The first kappa shape index (κ1) is 15.1. The number of nitrogens with one attached hydrogen (secondary N) is 1. The molecule has 2 rings (SSSR count). The molecule has 0 heterocycles. The molecule has 0 radical (unpaired) electrons. The van der Waals surface area contributed by atoms with E-state index in [1.807, 2.05) is 24.3 Å². The van der Waals surface area contributed by atoms with E-state index >= 15 is 0 Å². The van der Waals surface area contributed by atoms with Gasteiger partial charge in [0.1, 0.15) is 5.82 Å². The van der Waals surface area contributed by atoms with E-state index in [-0.39, 0.29) is 5.54 Å². The molecule has 2 aromatic rings. The van der Waals surface area contributed by atoms with E-state index < -0.39 is 5.82 Å². The minimum atomic E-state index is -0.393. The summed E-state index contributed by atoms with van der Waals surface area (Å²) in [4.78, 5) is 0. The zero-order valence-electron chi connectivity index (χ0n) is 12.4. The Kier molecular flexibility index (Phi) is 4.59. The van der Waals surface area contributed by atoms with Crippen molar-refractivity contribution in [3.63, 3.8) is 0 Å². The van der Waals surface area contributed by atoms with Crippen LogP contribution in [0.15, 0.2) is 48.5 Å². The van der Waals surface area contributed by atoms with Crippen molar-refractivity contribution in [1.82, 2.24) is 0 Å². The maximum atomic E-state index is 13.4. The molecule has 0 unspecified atom stereocenters. The third-order valence-electron chi connectivity index (χ3n) is 3.39. The highest BCUT2D eigenvalue weighted by Gasteiger charge is 2.17. The van der Waals surface area contributed by atoms with E-state index in [4.69, 9.17) is 5.26 Å². The predicted octanol–water partition coefficient (Wildman–Crippen LogP) is 4.52. The molecule has 0 amide bonds. The molecule has 0 aromatic heterocycles. The van der Waals surface area contributed by atoms with E-state index in [2.05, 4.69) is 31.3 Å². The number of nitrogens with zero attached hydrogens (tertiary/aromatic N) is 1. The highest BCUT2D eigenvalue weighted by atomic mass is 19.1. The second-order valence-electron chi connectivity index (χ2n) is 5.83. The molecule has 0 aliphatic rings. The van der Waals surface area contributed by atoms with Gasteiger partial charge >= 0.3 is 0 Å². The third kappa shape index (κ3) is 4.61. The lowest BCUT2D eigenvalue weighted by Gasteiger charge is -2.28.